The van der Waals surface area contributed by atoms with Crippen LogP contribution >= 0.6 is 0 Å². The molecule has 0 aliphatic heterocycles. The molecule has 0 amide bonds. The van der Waals surface area contributed by atoms with E-state index in [1.54, 1.807) is 0 Å². The van der Waals surface area contributed by atoms with Crippen LogP contribution in [-0.2, 0) is 0 Å². The second-order valence-electron chi connectivity index (χ2n) is 3.77. The molecular formula is C13H11N3. The third kappa shape index (κ3) is 1.46. The molecule has 3 nitrogen and oxygen atoms in total. The van der Waals surface area contributed by atoms with Crippen LogP contribution in [-0.4, -0.2) is 15.0 Å². The van der Waals surface area contributed by atoms with Crippen LogP contribution in [0.2, 0.25) is 0 Å². The third-order valence-electron chi connectivity index (χ3n) is 2.53. The Kier molecular flexibility index (Phi) is 1.96. The molecule has 0 spiro atoms. The lowest BCUT2D eigenvalue weighted by Gasteiger charge is -1.93. The molecule has 1 aromatic carbocycles. The summed E-state index contributed by atoms with van der Waals surface area (Å²) in [6.07, 6.45) is 0. The Labute approximate surface area is 93.2 Å². The zero-order valence-corrected chi connectivity index (χ0v) is 8.94. The van der Waals surface area contributed by atoms with Gasteiger partial charge in [-0.2, -0.15) is 0 Å². The van der Waals surface area contributed by atoms with Gasteiger partial charge in [0.2, 0.25) is 0 Å². The number of imidazole rings is 1. The Balaban J connectivity index is 2.19. The normalized spacial score (nSPS) is 10.8. The second kappa shape index (κ2) is 3.45. The van der Waals surface area contributed by atoms with Crippen LogP contribution in [0.5, 0.6) is 0 Å². The number of pyridine rings is 1. The number of aromatic nitrogens is 3. The number of hydrogen-bond acceptors (Lipinski definition) is 2. The molecule has 2 aromatic heterocycles. The van der Waals surface area contributed by atoms with Gasteiger partial charge >= 0.3 is 0 Å². The number of H-pyrrole nitrogens is 1. The van der Waals surface area contributed by atoms with E-state index < -0.39 is 0 Å². The maximum absolute atomic E-state index is 4.51. The van der Waals surface area contributed by atoms with Crippen LogP contribution in [0, 0.1) is 6.92 Å². The van der Waals surface area contributed by atoms with Crippen molar-refractivity contribution in [2.75, 3.05) is 0 Å². The number of benzene rings is 1. The molecule has 3 heteroatoms. The lowest BCUT2D eigenvalue weighted by molar-refractivity contribution is 1.22. The molecule has 3 rings (SSSR count). The standard InChI is InChI=1S/C13H11N3/c1-9-7-8-11-13(14-9)16-12(15-11)10-5-3-2-4-6-10/h2-8H,1H3,(H,14,15,16). The summed E-state index contributed by atoms with van der Waals surface area (Å²) < 4.78 is 0. The van der Waals surface area contributed by atoms with Gasteiger partial charge in [-0.1, -0.05) is 30.3 Å². The topological polar surface area (TPSA) is 41.6 Å². The fourth-order valence-corrected chi connectivity index (χ4v) is 1.72. The summed E-state index contributed by atoms with van der Waals surface area (Å²) in [5.41, 5.74) is 3.83. The summed E-state index contributed by atoms with van der Waals surface area (Å²) in [6, 6.07) is 14.0. The average Bonchev–Trinajstić information content (AvgIpc) is 2.73. The first-order valence-electron chi connectivity index (χ1n) is 5.22. The van der Waals surface area contributed by atoms with Crippen LogP contribution in [0.4, 0.5) is 0 Å². The zero-order chi connectivity index (χ0) is 11.0. The fourth-order valence-electron chi connectivity index (χ4n) is 1.72. The van der Waals surface area contributed by atoms with Crippen molar-refractivity contribution in [3.05, 3.63) is 48.2 Å². The summed E-state index contributed by atoms with van der Waals surface area (Å²) in [5, 5.41) is 0. The van der Waals surface area contributed by atoms with Crippen LogP contribution < -0.4 is 0 Å². The first-order valence-corrected chi connectivity index (χ1v) is 5.22. The Hall–Kier alpha value is -2.16. The van der Waals surface area contributed by atoms with Crippen molar-refractivity contribution in [3.63, 3.8) is 0 Å². The largest absolute Gasteiger partial charge is 0.323 e. The monoisotopic (exact) mass is 209 g/mol. The van der Waals surface area contributed by atoms with Crippen molar-refractivity contribution >= 4 is 11.2 Å². The fraction of sp³-hybridized carbons (Fsp3) is 0.0769. The minimum absolute atomic E-state index is 0.846. The van der Waals surface area contributed by atoms with E-state index >= 15 is 0 Å². The SMILES string of the molecule is Cc1ccc2nc(-c3ccccc3)[nH]c2n1. The summed E-state index contributed by atoms with van der Waals surface area (Å²) in [5.74, 6) is 0.869. The van der Waals surface area contributed by atoms with Crippen molar-refractivity contribution < 1.29 is 0 Å². The summed E-state index contributed by atoms with van der Waals surface area (Å²) in [7, 11) is 0. The molecule has 0 aliphatic rings. The minimum Gasteiger partial charge on any atom is -0.323 e. The summed E-state index contributed by atoms with van der Waals surface area (Å²) >= 11 is 0. The predicted octanol–water partition coefficient (Wildman–Crippen LogP) is 2.93. The molecule has 2 heterocycles. The highest BCUT2D eigenvalue weighted by Crippen LogP contribution is 2.18. The second-order valence-corrected chi connectivity index (χ2v) is 3.77. The lowest BCUT2D eigenvalue weighted by atomic mass is 10.2. The minimum atomic E-state index is 0.846. The van der Waals surface area contributed by atoms with Gasteiger partial charge in [-0.15, -0.1) is 0 Å². The number of aryl methyl sites for hydroxylation is 1. The Morgan fingerprint density at radius 3 is 2.56 bits per heavy atom. The van der Waals surface area contributed by atoms with Crippen LogP contribution in [0.15, 0.2) is 42.5 Å². The highest BCUT2D eigenvalue weighted by molar-refractivity contribution is 5.75. The molecule has 3 aromatic rings. The van der Waals surface area contributed by atoms with E-state index in [0.717, 1.165) is 28.2 Å². The molecule has 0 aliphatic carbocycles. The van der Waals surface area contributed by atoms with E-state index in [-0.39, 0.29) is 0 Å². The van der Waals surface area contributed by atoms with Crippen molar-refractivity contribution in [2.45, 2.75) is 6.92 Å². The first kappa shape index (κ1) is 9.09. The van der Waals surface area contributed by atoms with E-state index in [9.17, 15) is 0 Å². The number of hydrogen-bond donors (Lipinski definition) is 1. The number of aromatic amines is 1. The molecule has 1 N–H and O–H groups in total. The number of rotatable bonds is 1. The smallest absolute Gasteiger partial charge is 0.157 e. The molecular weight excluding hydrogens is 198 g/mol. The van der Waals surface area contributed by atoms with E-state index in [4.69, 9.17) is 0 Å². The van der Waals surface area contributed by atoms with Crippen LogP contribution in [0.1, 0.15) is 5.69 Å². The van der Waals surface area contributed by atoms with Gasteiger partial charge in [0.15, 0.2) is 5.65 Å². The first-order chi connectivity index (χ1) is 7.83. The highest BCUT2D eigenvalue weighted by atomic mass is 15.0. The maximum Gasteiger partial charge on any atom is 0.157 e. The van der Waals surface area contributed by atoms with Gasteiger partial charge in [0.25, 0.3) is 0 Å². The van der Waals surface area contributed by atoms with Crippen molar-refractivity contribution in [1.82, 2.24) is 15.0 Å². The lowest BCUT2D eigenvalue weighted by Crippen LogP contribution is -1.80. The summed E-state index contributed by atoms with van der Waals surface area (Å²) in [4.78, 5) is 12.1. The van der Waals surface area contributed by atoms with Gasteiger partial charge in [0, 0.05) is 11.3 Å². The molecule has 0 atom stereocenters. The molecule has 0 fully saturated rings. The van der Waals surface area contributed by atoms with Gasteiger partial charge in [-0.25, -0.2) is 9.97 Å². The van der Waals surface area contributed by atoms with Gasteiger partial charge in [-0.3, -0.25) is 0 Å². The Bertz CT molecular complexity index is 626. The van der Waals surface area contributed by atoms with E-state index in [1.807, 2.05) is 49.4 Å². The zero-order valence-electron chi connectivity index (χ0n) is 8.94. The molecule has 0 saturated heterocycles. The Morgan fingerprint density at radius 2 is 1.75 bits per heavy atom. The number of nitrogens with one attached hydrogen (secondary N) is 1. The van der Waals surface area contributed by atoms with Crippen LogP contribution in [0.25, 0.3) is 22.6 Å². The van der Waals surface area contributed by atoms with Crippen molar-refractivity contribution in [1.29, 1.82) is 0 Å². The summed E-state index contributed by atoms with van der Waals surface area (Å²) in [6.45, 7) is 1.97. The van der Waals surface area contributed by atoms with Gasteiger partial charge in [0.1, 0.15) is 11.3 Å². The number of fused-ring (bicyclic) bond motifs is 1. The maximum atomic E-state index is 4.51. The van der Waals surface area contributed by atoms with E-state index in [0.29, 0.717) is 0 Å². The van der Waals surface area contributed by atoms with Crippen molar-refractivity contribution in [2.24, 2.45) is 0 Å². The highest BCUT2D eigenvalue weighted by Gasteiger charge is 2.05. The predicted molar refractivity (Wildman–Crippen MR) is 64.1 cm³/mol. The molecule has 78 valence electrons. The Morgan fingerprint density at radius 1 is 0.938 bits per heavy atom. The van der Waals surface area contributed by atoms with E-state index in [1.165, 1.54) is 0 Å². The van der Waals surface area contributed by atoms with Gasteiger partial charge in [-0.05, 0) is 19.1 Å². The average molecular weight is 209 g/mol. The van der Waals surface area contributed by atoms with Gasteiger partial charge in [0.05, 0.1) is 0 Å². The molecule has 16 heavy (non-hydrogen) atoms. The van der Waals surface area contributed by atoms with E-state index in [2.05, 4.69) is 15.0 Å². The molecule has 0 saturated carbocycles. The molecule has 0 unspecified atom stereocenters. The third-order valence-corrected chi connectivity index (χ3v) is 2.53. The number of nitrogens with zero attached hydrogens (tertiary/aromatic N) is 2. The molecule has 0 bridgehead atoms. The quantitative estimate of drug-likeness (QED) is 0.669. The van der Waals surface area contributed by atoms with Crippen LogP contribution in [0.3, 0.4) is 0 Å². The van der Waals surface area contributed by atoms with Gasteiger partial charge < -0.3 is 4.98 Å². The molecule has 0 radical (unpaired) electrons. The van der Waals surface area contributed by atoms with Crippen molar-refractivity contribution in [3.8, 4) is 11.4 Å².